The lowest BCUT2D eigenvalue weighted by Crippen LogP contribution is -2.37. The molecule has 10 heteroatoms. The van der Waals surface area contributed by atoms with E-state index in [-0.39, 0.29) is 23.0 Å². The second kappa shape index (κ2) is 8.91. The molecule has 2 fully saturated rings. The average molecular weight is 423 g/mol. The lowest BCUT2D eigenvalue weighted by molar-refractivity contribution is -0.130. The molecule has 3 amide bonds. The van der Waals surface area contributed by atoms with Crippen LogP contribution in [0.3, 0.4) is 0 Å². The number of rotatable bonds is 6. The number of benzene rings is 1. The Balaban J connectivity index is 1.68. The monoisotopic (exact) mass is 423 g/mol. The van der Waals surface area contributed by atoms with Crippen LogP contribution in [0.15, 0.2) is 23.1 Å². The topological polar surface area (TPSA) is 122 Å². The van der Waals surface area contributed by atoms with Crippen LogP contribution >= 0.6 is 0 Å². The Hall–Kier alpha value is -2.46. The fourth-order valence-electron chi connectivity index (χ4n) is 3.49. The normalized spacial score (nSPS) is 17.8. The molecule has 1 saturated carbocycles. The molecule has 3 rings (SSSR count). The summed E-state index contributed by atoms with van der Waals surface area (Å²) in [6, 6.07) is 3.60. The van der Waals surface area contributed by atoms with Crippen molar-refractivity contribution in [2.75, 3.05) is 19.7 Å². The summed E-state index contributed by atoms with van der Waals surface area (Å²) < 4.78 is 33.1. The number of hydrogen-bond donors (Lipinski definition) is 2. The molecule has 2 aliphatic rings. The minimum Gasteiger partial charge on any atom is -0.452 e. The molecule has 0 spiro atoms. The van der Waals surface area contributed by atoms with Gasteiger partial charge in [-0.15, -0.1) is 0 Å². The summed E-state index contributed by atoms with van der Waals surface area (Å²) >= 11 is 0. The van der Waals surface area contributed by atoms with Crippen molar-refractivity contribution < 1.29 is 27.5 Å². The smallest absolute Gasteiger partial charge is 0.338 e. The van der Waals surface area contributed by atoms with Crippen molar-refractivity contribution in [1.82, 2.24) is 14.9 Å². The van der Waals surface area contributed by atoms with E-state index in [1.165, 1.54) is 18.2 Å². The van der Waals surface area contributed by atoms with Gasteiger partial charge in [0.05, 0.1) is 10.5 Å². The van der Waals surface area contributed by atoms with Gasteiger partial charge in [0.2, 0.25) is 10.0 Å². The Morgan fingerprint density at radius 3 is 2.62 bits per heavy atom. The van der Waals surface area contributed by atoms with Crippen LogP contribution < -0.4 is 10.0 Å². The van der Waals surface area contributed by atoms with Gasteiger partial charge in [-0.1, -0.05) is 25.3 Å². The van der Waals surface area contributed by atoms with Crippen molar-refractivity contribution in [2.24, 2.45) is 0 Å². The summed E-state index contributed by atoms with van der Waals surface area (Å²) in [5, 5.41) is 2.49. The van der Waals surface area contributed by atoms with E-state index in [9.17, 15) is 22.8 Å². The number of urea groups is 1. The Kier molecular flexibility index (Phi) is 6.53. The number of carbonyl (C=O) groups excluding carboxylic acids is 3. The van der Waals surface area contributed by atoms with Crippen molar-refractivity contribution >= 4 is 27.9 Å². The summed E-state index contributed by atoms with van der Waals surface area (Å²) in [6.07, 6.45) is 4.68. The second-order valence-corrected chi connectivity index (χ2v) is 9.00. The third kappa shape index (κ3) is 5.13. The molecule has 2 N–H and O–H groups in total. The Morgan fingerprint density at radius 2 is 1.97 bits per heavy atom. The van der Waals surface area contributed by atoms with Gasteiger partial charge < -0.3 is 10.1 Å². The van der Waals surface area contributed by atoms with Crippen LogP contribution in [0, 0.1) is 6.92 Å². The van der Waals surface area contributed by atoms with Gasteiger partial charge in [-0.2, -0.15) is 0 Å². The highest BCUT2D eigenvalue weighted by atomic mass is 32.2. The molecule has 29 heavy (non-hydrogen) atoms. The molecule has 0 atom stereocenters. The highest BCUT2D eigenvalue weighted by Gasteiger charge is 2.28. The first kappa shape index (κ1) is 21.3. The maximum Gasteiger partial charge on any atom is 0.338 e. The van der Waals surface area contributed by atoms with E-state index in [1.807, 2.05) is 0 Å². The first-order valence-corrected chi connectivity index (χ1v) is 11.1. The van der Waals surface area contributed by atoms with Gasteiger partial charge in [-0.25, -0.2) is 22.7 Å². The number of amides is 3. The summed E-state index contributed by atoms with van der Waals surface area (Å²) in [5.74, 6) is -1.45. The van der Waals surface area contributed by atoms with E-state index in [4.69, 9.17) is 4.74 Å². The summed E-state index contributed by atoms with van der Waals surface area (Å²) in [6.45, 7) is 1.63. The van der Waals surface area contributed by atoms with Crippen LogP contribution in [0.1, 0.15) is 48.0 Å². The van der Waals surface area contributed by atoms with Gasteiger partial charge in [0.1, 0.15) is 0 Å². The minimum atomic E-state index is -3.77. The molecule has 0 aromatic heterocycles. The van der Waals surface area contributed by atoms with Crippen LogP contribution in [0.25, 0.3) is 0 Å². The zero-order chi connectivity index (χ0) is 21.0. The molecule has 0 unspecified atom stereocenters. The van der Waals surface area contributed by atoms with Crippen LogP contribution in [-0.2, 0) is 19.6 Å². The Bertz CT molecular complexity index is 909. The number of nitrogens with zero attached hydrogens (tertiary/aromatic N) is 1. The van der Waals surface area contributed by atoms with Gasteiger partial charge in [0, 0.05) is 19.1 Å². The standard InChI is InChI=1S/C19H25N3O6S/c1-13-7-8-15(29(26,27)21-14-5-3-2-4-6-14)11-16(13)18(24)28-12-17(23)22-10-9-20-19(22)25/h7-8,11,14,21H,2-6,9-10,12H2,1H3,(H,20,25). The highest BCUT2D eigenvalue weighted by molar-refractivity contribution is 7.89. The number of carbonyl (C=O) groups is 3. The zero-order valence-corrected chi connectivity index (χ0v) is 17.1. The van der Waals surface area contributed by atoms with Crippen LogP contribution in [-0.4, -0.2) is 57.0 Å². The van der Waals surface area contributed by atoms with Crippen LogP contribution in [0.2, 0.25) is 0 Å². The van der Waals surface area contributed by atoms with E-state index < -0.39 is 34.5 Å². The van der Waals surface area contributed by atoms with E-state index in [2.05, 4.69) is 10.0 Å². The van der Waals surface area contributed by atoms with E-state index in [1.54, 1.807) is 6.92 Å². The number of imide groups is 1. The molecule has 1 aromatic carbocycles. The van der Waals surface area contributed by atoms with E-state index in [0.717, 1.165) is 37.0 Å². The van der Waals surface area contributed by atoms with Gasteiger partial charge in [0.15, 0.2) is 6.61 Å². The number of sulfonamides is 1. The predicted octanol–water partition coefficient (Wildman–Crippen LogP) is 1.31. The molecule has 1 aliphatic heterocycles. The molecule has 1 aromatic rings. The molecule has 9 nitrogen and oxygen atoms in total. The molecule has 158 valence electrons. The summed E-state index contributed by atoms with van der Waals surface area (Å²) in [4.78, 5) is 36.9. The quantitative estimate of drug-likeness (QED) is 0.666. The van der Waals surface area contributed by atoms with Gasteiger partial charge in [-0.05, 0) is 37.5 Å². The number of hydrogen-bond acceptors (Lipinski definition) is 6. The van der Waals surface area contributed by atoms with Crippen molar-refractivity contribution in [1.29, 1.82) is 0 Å². The third-order valence-corrected chi connectivity index (χ3v) is 6.67. The number of aryl methyl sites for hydroxylation is 1. The molecule has 1 saturated heterocycles. The van der Waals surface area contributed by atoms with Crippen LogP contribution in [0.4, 0.5) is 4.79 Å². The average Bonchev–Trinajstić information content (AvgIpc) is 3.12. The number of ether oxygens (including phenoxy) is 1. The first-order chi connectivity index (χ1) is 13.8. The molecular weight excluding hydrogens is 398 g/mol. The molecule has 0 bridgehead atoms. The van der Waals surface area contributed by atoms with E-state index >= 15 is 0 Å². The second-order valence-electron chi connectivity index (χ2n) is 7.29. The van der Waals surface area contributed by atoms with Crippen molar-refractivity contribution in [3.8, 4) is 0 Å². The number of nitrogens with one attached hydrogen (secondary N) is 2. The largest absolute Gasteiger partial charge is 0.452 e. The molecular formula is C19H25N3O6S. The predicted molar refractivity (Wildman–Crippen MR) is 104 cm³/mol. The first-order valence-electron chi connectivity index (χ1n) is 9.66. The number of esters is 1. The van der Waals surface area contributed by atoms with E-state index in [0.29, 0.717) is 12.1 Å². The van der Waals surface area contributed by atoms with Crippen molar-refractivity contribution in [3.05, 3.63) is 29.3 Å². The molecule has 1 aliphatic carbocycles. The maximum atomic E-state index is 12.7. The highest BCUT2D eigenvalue weighted by Crippen LogP contribution is 2.21. The summed E-state index contributed by atoms with van der Waals surface area (Å²) in [5.41, 5.74) is 0.591. The lowest BCUT2D eigenvalue weighted by Gasteiger charge is -2.22. The zero-order valence-electron chi connectivity index (χ0n) is 16.3. The van der Waals surface area contributed by atoms with Crippen molar-refractivity contribution in [2.45, 2.75) is 50.0 Å². The fourth-order valence-corrected chi connectivity index (χ4v) is 4.82. The van der Waals surface area contributed by atoms with Crippen LogP contribution in [0.5, 0.6) is 0 Å². The third-order valence-electron chi connectivity index (χ3n) is 5.15. The minimum absolute atomic E-state index is 0.0223. The maximum absolute atomic E-state index is 12.7. The van der Waals surface area contributed by atoms with Gasteiger partial charge in [-0.3, -0.25) is 9.69 Å². The molecule has 0 radical (unpaired) electrons. The fraction of sp³-hybridized carbons (Fsp3) is 0.526. The summed E-state index contributed by atoms with van der Waals surface area (Å²) in [7, 11) is -3.77. The van der Waals surface area contributed by atoms with Crippen molar-refractivity contribution in [3.63, 3.8) is 0 Å². The van der Waals surface area contributed by atoms with Gasteiger partial charge in [0.25, 0.3) is 5.91 Å². The SMILES string of the molecule is Cc1ccc(S(=O)(=O)NC2CCCCC2)cc1C(=O)OCC(=O)N1CCNC1=O. The van der Waals surface area contributed by atoms with Gasteiger partial charge >= 0.3 is 12.0 Å². The Labute approximate surface area is 169 Å². The Morgan fingerprint density at radius 1 is 1.24 bits per heavy atom. The molecule has 1 heterocycles. The lowest BCUT2D eigenvalue weighted by atomic mass is 9.96.